The molecule has 0 aliphatic heterocycles. The highest BCUT2D eigenvalue weighted by atomic mass is 16.5. The van der Waals surface area contributed by atoms with Crippen LogP contribution in [0.3, 0.4) is 0 Å². The Morgan fingerprint density at radius 1 is 1.19 bits per heavy atom. The summed E-state index contributed by atoms with van der Waals surface area (Å²) in [7, 11) is 1.74. The van der Waals surface area contributed by atoms with E-state index in [-0.39, 0.29) is 24.6 Å². The molecule has 0 bridgehead atoms. The molecular formula is C22H36O4. The van der Waals surface area contributed by atoms with Crippen LogP contribution in [-0.4, -0.2) is 31.4 Å². The molecule has 0 heterocycles. The number of hydrogen-bond donors (Lipinski definition) is 1. The number of methoxy groups -OCH3 is 1. The van der Waals surface area contributed by atoms with Crippen LogP contribution in [0.25, 0.3) is 0 Å². The van der Waals surface area contributed by atoms with Gasteiger partial charge in [0.15, 0.2) is 0 Å². The minimum absolute atomic E-state index is 0.0256. The lowest BCUT2D eigenvalue weighted by atomic mass is 9.77. The molecule has 0 saturated heterocycles. The highest BCUT2D eigenvalue weighted by Crippen LogP contribution is 2.39. The highest BCUT2D eigenvalue weighted by Gasteiger charge is 2.26. The molecule has 0 radical (unpaired) electrons. The number of carbonyl (C=O) groups excluding carboxylic acids is 1. The fourth-order valence-corrected chi connectivity index (χ4v) is 3.34. The Balaban J connectivity index is 3.05. The van der Waals surface area contributed by atoms with Crippen LogP contribution in [0.1, 0.15) is 76.5 Å². The topological polar surface area (TPSA) is 55.8 Å². The summed E-state index contributed by atoms with van der Waals surface area (Å²) in [6.45, 7) is 8.84. The number of esters is 1. The van der Waals surface area contributed by atoms with Gasteiger partial charge in [0, 0.05) is 12.0 Å². The van der Waals surface area contributed by atoms with Crippen molar-refractivity contribution in [1.82, 2.24) is 0 Å². The van der Waals surface area contributed by atoms with Crippen LogP contribution in [0.4, 0.5) is 0 Å². The fourth-order valence-electron chi connectivity index (χ4n) is 3.34. The zero-order valence-corrected chi connectivity index (χ0v) is 17.2. The van der Waals surface area contributed by atoms with Crippen molar-refractivity contribution in [2.45, 2.75) is 78.1 Å². The summed E-state index contributed by atoms with van der Waals surface area (Å²) in [5.41, 5.74) is 3.58. The molecule has 1 aromatic rings. The third-order valence-corrected chi connectivity index (χ3v) is 4.92. The maximum absolute atomic E-state index is 11.8. The zero-order chi connectivity index (χ0) is 19.6. The monoisotopic (exact) mass is 364 g/mol. The van der Waals surface area contributed by atoms with Crippen molar-refractivity contribution < 1.29 is 19.4 Å². The molecule has 0 atom stereocenters. The number of benzene rings is 1. The molecule has 4 nitrogen and oxygen atoms in total. The van der Waals surface area contributed by atoms with Crippen molar-refractivity contribution in [3.63, 3.8) is 0 Å². The molecule has 1 rings (SSSR count). The minimum Gasteiger partial charge on any atom is -0.496 e. The summed E-state index contributed by atoms with van der Waals surface area (Å²) >= 11 is 0. The lowest BCUT2D eigenvalue weighted by Gasteiger charge is -2.29. The summed E-state index contributed by atoms with van der Waals surface area (Å²) in [4.78, 5) is 11.8. The van der Waals surface area contributed by atoms with Gasteiger partial charge in [-0.1, -0.05) is 59.1 Å². The van der Waals surface area contributed by atoms with Crippen LogP contribution in [-0.2, 0) is 27.8 Å². The molecule has 1 N–H and O–H groups in total. The van der Waals surface area contributed by atoms with Crippen molar-refractivity contribution in [3.8, 4) is 5.75 Å². The van der Waals surface area contributed by atoms with Gasteiger partial charge in [0.2, 0.25) is 0 Å². The lowest BCUT2D eigenvalue weighted by Crippen LogP contribution is -2.19. The van der Waals surface area contributed by atoms with Crippen LogP contribution in [0, 0.1) is 0 Å². The predicted octanol–water partition coefficient (Wildman–Crippen LogP) is 4.58. The van der Waals surface area contributed by atoms with Gasteiger partial charge in [-0.05, 0) is 35.8 Å². The Kier molecular flexibility index (Phi) is 9.71. The Labute approximate surface area is 158 Å². The van der Waals surface area contributed by atoms with Gasteiger partial charge in [-0.2, -0.15) is 0 Å². The smallest absolute Gasteiger partial charge is 0.306 e. The number of carbonyl (C=O) groups is 1. The van der Waals surface area contributed by atoms with Crippen LogP contribution in [0.2, 0.25) is 0 Å². The van der Waals surface area contributed by atoms with Gasteiger partial charge < -0.3 is 14.6 Å². The van der Waals surface area contributed by atoms with E-state index in [1.54, 1.807) is 7.11 Å². The molecule has 1 aromatic carbocycles. The molecule has 4 heteroatoms. The second-order valence-corrected chi connectivity index (χ2v) is 7.47. The van der Waals surface area contributed by atoms with Gasteiger partial charge in [0.05, 0.1) is 13.7 Å². The van der Waals surface area contributed by atoms with E-state index in [9.17, 15) is 4.79 Å². The predicted molar refractivity (Wildman–Crippen MR) is 106 cm³/mol. The van der Waals surface area contributed by atoms with Crippen molar-refractivity contribution in [2.75, 3.05) is 20.3 Å². The number of unbranched alkanes of at least 4 members (excludes halogenated alkanes) is 2. The Hall–Kier alpha value is -1.55. The van der Waals surface area contributed by atoms with Gasteiger partial charge in [-0.3, -0.25) is 4.79 Å². The Morgan fingerprint density at radius 2 is 1.92 bits per heavy atom. The second-order valence-electron chi connectivity index (χ2n) is 7.47. The first kappa shape index (κ1) is 22.5. The van der Waals surface area contributed by atoms with Gasteiger partial charge in [0.1, 0.15) is 12.4 Å². The molecule has 148 valence electrons. The largest absolute Gasteiger partial charge is 0.496 e. The maximum atomic E-state index is 11.8. The lowest BCUT2D eigenvalue weighted by molar-refractivity contribution is -0.144. The van der Waals surface area contributed by atoms with Crippen LogP contribution in [0.15, 0.2) is 12.1 Å². The Bertz CT molecular complexity index is 564. The van der Waals surface area contributed by atoms with E-state index in [4.69, 9.17) is 14.6 Å². The number of hydrogen-bond acceptors (Lipinski definition) is 4. The average Bonchev–Trinajstić information content (AvgIpc) is 2.63. The molecule has 0 fully saturated rings. The average molecular weight is 365 g/mol. The van der Waals surface area contributed by atoms with Crippen molar-refractivity contribution in [1.29, 1.82) is 0 Å². The summed E-state index contributed by atoms with van der Waals surface area (Å²) in [6.07, 6.45) is 6.62. The normalized spacial score (nSPS) is 11.5. The van der Waals surface area contributed by atoms with Crippen LogP contribution >= 0.6 is 0 Å². The third-order valence-electron chi connectivity index (χ3n) is 4.92. The quantitative estimate of drug-likeness (QED) is 0.435. The van der Waals surface area contributed by atoms with Crippen LogP contribution in [0.5, 0.6) is 5.75 Å². The number of rotatable bonds is 12. The molecule has 0 aliphatic carbocycles. The van der Waals surface area contributed by atoms with E-state index < -0.39 is 0 Å². The zero-order valence-electron chi connectivity index (χ0n) is 17.2. The molecular weight excluding hydrogens is 328 g/mol. The van der Waals surface area contributed by atoms with Gasteiger partial charge in [-0.15, -0.1) is 0 Å². The first-order valence-electron chi connectivity index (χ1n) is 9.86. The second kappa shape index (κ2) is 11.2. The molecule has 0 spiro atoms. The number of ether oxygens (including phenoxy) is 2. The van der Waals surface area contributed by atoms with Crippen LogP contribution < -0.4 is 4.74 Å². The summed E-state index contributed by atoms with van der Waals surface area (Å²) in [5, 5.41) is 8.75. The SMILES string of the molecule is CCCCCC(C)(C)c1cc(CCC(=O)OCCO)cc(CC)c1OC. The molecule has 0 amide bonds. The standard InChI is InChI=1S/C22H36O4/c1-6-8-9-12-22(3,4)19-16-17(10-11-20(24)26-14-13-23)15-18(7-2)21(19)25-5/h15-16,23H,6-14H2,1-5H3. The van der Waals surface area contributed by atoms with Crippen molar-refractivity contribution in [2.24, 2.45) is 0 Å². The summed E-state index contributed by atoms with van der Waals surface area (Å²) < 4.78 is 10.7. The first-order chi connectivity index (χ1) is 12.4. The number of aliphatic hydroxyl groups excluding tert-OH is 1. The maximum Gasteiger partial charge on any atom is 0.306 e. The highest BCUT2D eigenvalue weighted by molar-refractivity contribution is 5.69. The molecule has 0 aliphatic rings. The molecule has 0 saturated carbocycles. The number of aryl methyl sites for hydroxylation is 2. The Morgan fingerprint density at radius 3 is 2.50 bits per heavy atom. The van der Waals surface area contributed by atoms with E-state index in [0.717, 1.165) is 24.2 Å². The van der Waals surface area contributed by atoms with Gasteiger partial charge in [0.25, 0.3) is 0 Å². The van der Waals surface area contributed by atoms with Crippen molar-refractivity contribution in [3.05, 3.63) is 28.8 Å². The van der Waals surface area contributed by atoms with Gasteiger partial charge in [-0.25, -0.2) is 0 Å². The minimum atomic E-state index is -0.267. The number of aliphatic hydroxyl groups is 1. The third kappa shape index (κ3) is 6.64. The van der Waals surface area contributed by atoms with E-state index in [2.05, 4.69) is 39.8 Å². The molecule has 0 unspecified atom stereocenters. The van der Waals surface area contributed by atoms with Gasteiger partial charge >= 0.3 is 5.97 Å². The van der Waals surface area contributed by atoms with E-state index >= 15 is 0 Å². The summed E-state index contributed by atoms with van der Waals surface area (Å²) in [5.74, 6) is 0.720. The summed E-state index contributed by atoms with van der Waals surface area (Å²) in [6, 6.07) is 4.34. The van der Waals surface area contributed by atoms with E-state index in [0.29, 0.717) is 12.8 Å². The fraction of sp³-hybridized carbons (Fsp3) is 0.682. The molecule has 0 aromatic heterocycles. The molecule has 26 heavy (non-hydrogen) atoms. The van der Waals surface area contributed by atoms with E-state index in [1.807, 2.05) is 0 Å². The van der Waals surface area contributed by atoms with Crippen molar-refractivity contribution >= 4 is 5.97 Å². The van der Waals surface area contributed by atoms with E-state index in [1.165, 1.54) is 30.4 Å². The first-order valence-corrected chi connectivity index (χ1v) is 9.86.